The molecule has 23 heavy (non-hydrogen) atoms. The minimum atomic E-state index is -3.49. The van der Waals surface area contributed by atoms with E-state index >= 15 is 0 Å². The zero-order valence-corrected chi connectivity index (χ0v) is 16.9. The minimum Gasteiger partial charge on any atom is -0.308 e. The fourth-order valence-electron chi connectivity index (χ4n) is 1.69. The first-order valence-electron chi connectivity index (χ1n) is 8.71. The highest BCUT2D eigenvalue weighted by molar-refractivity contribution is 7.71. The molecule has 0 aromatic rings. The highest BCUT2D eigenvalue weighted by Crippen LogP contribution is 2.64. The molecule has 140 valence electrons. The van der Waals surface area contributed by atoms with Gasteiger partial charge >= 0.3 is 15.2 Å². The first-order valence-corrected chi connectivity index (χ1v) is 12.2. The summed E-state index contributed by atoms with van der Waals surface area (Å²) in [5.74, 6) is -0.315. The van der Waals surface area contributed by atoms with E-state index in [1.807, 2.05) is 20.8 Å². The summed E-state index contributed by atoms with van der Waals surface area (Å²) in [6.07, 6.45) is 5.09. The van der Waals surface area contributed by atoms with Crippen LogP contribution < -0.4 is 0 Å². The third-order valence-corrected chi connectivity index (χ3v) is 8.18. The lowest BCUT2D eigenvalue weighted by Crippen LogP contribution is -2.07. The normalized spacial score (nSPS) is 14.8. The fraction of sp³-hybridized carbons (Fsp3) is 1.00. The van der Waals surface area contributed by atoms with E-state index in [4.69, 9.17) is 18.1 Å². The molecular formula is C15H34O6P2. The molecule has 6 nitrogen and oxygen atoms in total. The minimum absolute atomic E-state index is 0.229. The molecule has 0 aliphatic rings. The van der Waals surface area contributed by atoms with E-state index in [9.17, 15) is 9.13 Å². The van der Waals surface area contributed by atoms with Crippen LogP contribution in [0.1, 0.15) is 66.2 Å². The van der Waals surface area contributed by atoms with Crippen LogP contribution in [0.15, 0.2) is 0 Å². The van der Waals surface area contributed by atoms with Crippen LogP contribution in [0.4, 0.5) is 0 Å². The van der Waals surface area contributed by atoms with Gasteiger partial charge in [0.15, 0.2) is 5.90 Å². The molecule has 0 spiro atoms. The van der Waals surface area contributed by atoms with Crippen LogP contribution in [-0.2, 0) is 27.2 Å². The Hall–Kier alpha value is 0.300. The Kier molecular flexibility index (Phi) is 13.8. The van der Waals surface area contributed by atoms with Gasteiger partial charge in [-0.05, 0) is 26.2 Å². The van der Waals surface area contributed by atoms with E-state index < -0.39 is 15.2 Å². The molecule has 1 unspecified atom stereocenters. The van der Waals surface area contributed by atoms with Crippen molar-refractivity contribution in [3.8, 4) is 0 Å². The lowest BCUT2D eigenvalue weighted by Gasteiger charge is -2.23. The van der Waals surface area contributed by atoms with E-state index in [1.165, 1.54) is 0 Å². The molecule has 0 radical (unpaired) electrons. The lowest BCUT2D eigenvalue weighted by molar-refractivity contribution is 0.191. The summed E-state index contributed by atoms with van der Waals surface area (Å²) in [4.78, 5) is 0. The summed E-state index contributed by atoms with van der Waals surface area (Å²) in [6.45, 7) is 8.97. The van der Waals surface area contributed by atoms with Gasteiger partial charge in [-0.15, -0.1) is 0 Å². The molecule has 0 rings (SSSR count). The summed E-state index contributed by atoms with van der Waals surface area (Å²) in [6, 6.07) is 0. The number of hydrogen-bond donors (Lipinski definition) is 0. The second-order valence-corrected chi connectivity index (χ2v) is 9.95. The van der Waals surface area contributed by atoms with Crippen LogP contribution in [0.3, 0.4) is 0 Å². The Balaban J connectivity index is 4.87. The van der Waals surface area contributed by atoms with E-state index in [-0.39, 0.29) is 12.5 Å². The zero-order valence-electron chi connectivity index (χ0n) is 15.1. The van der Waals surface area contributed by atoms with Gasteiger partial charge in [-0.25, -0.2) is 0 Å². The molecule has 0 amide bonds. The molecular weight excluding hydrogens is 338 g/mol. The van der Waals surface area contributed by atoms with Crippen molar-refractivity contribution < 1.29 is 27.2 Å². The van der Waals surface area contributed by atoms with Gasteiger partial charge in [0.2, 0.25) is 0 Å². The van der Waals surface area contributed by atoms with Crippen molar-refractivity contribution >= 4 is 15.2 Å². The molecule has 0 fully saturated rings. The molecule has 0 aliphatic carbocycles. The van der Waals surface area contributed by atoms with Gasteiger partial charge in [0.05, 0.1) is 26.4 Å². The van der Waals surface area contributed by atoms with Crippen molar-refractivity contribution in [2.75, 3.05) is 32.3 Å². The second-order valence-electron chi connectivity index (χ2n) is 5.34. The largest absolute Gasteiger partial charge is 0.342 e. The van der Waals surface area contributed by atoms with Gasteiger partial charge in [-0.3, -0.25) is 9.13 Å². The van der Waals surface area contributed by atoms with Gasteiger partial charge in [-0.1, -0.05) is 40.0 Å². The molecule has 1 atom stereocenters. The Morgan fingerprint density at radius 3 is 1.26 bits per heavy atom. The SMILES string of the molecule is CCCCOP(=O)(CP(=O)(OCCCC)OCCCC)OCC. The van der Waals surface area contributed by atoms with Crippen molar-refractivity contribution in [1.82, 2.24) is 0 Å². The third-order valence-electron chi connectivity index (χ3n) is 3.03. The first kappa shape index (κ1) is 23.3. The van der Waals surface area contributed by atoms with E-state index in [2.05, 4.69) is 0 Å². The maximum absolute atomic E-state index is 12.9. The van der Waals surface area contributed by atoms with Gasteiger partial charge in [0.1, 0.15) is 0 Å². The van der Waals surface area contributed by atoms with Crippen LogP contribution in [0.5, 0.6) is 0 Å². The topological polar surface area (TPSA) is 71.1 Å². The Bertz CT molecular complexity index is 361. The van der Waals surface area contributed by atoms with Gasteiger partial charge < -0.3 is 18.1 Å². The van der Waals surface area contributed by atoms with Crippen molar-refractivity contribution in [1.29, 1.82) is 0 Å². The van der Waals surface area contributed by atoms with Gasteiger partial charge in [0.25, 0.3) is 0 Å². The number of unbranched alkanes of at least 4 members (excludes halogenated alkanes) is 3. The molecule has 0 saturated heterocycles. The smallest absolute Gasteiger partial charge is 0.308 e. The molecule has 0 aliphatic heterocycles. The lowest BCUT2D eigenvalue weighted by atomic mass is 10.4. The highest BCUT2D eigenvalue weighted by Gasteiger charge is 2.38. The van der Waals surface area contributed by atoms with E-state index in [0.29, 0.717) is 19.8 Å². The predicted molar refractivity (Wildman–Crippen MR) is 94.3 cm³/mol. The number of rotatable bonds is 16. The van der Waals surface area contributed by atoms with Crippen molar-refractivity contribution in [2.24, 2.45) is 0 Å². The molecule has 8 heteroatoms. The zero-order chi connectivity index (χ0) is 17.6. The summed E-state index contributed by atoms with van der Waals surface area (Å²) < 4.78 is 47.3. The molecule has 0 aromatic carbocycles. The monoisotopic (exact) mass is 372 g/mol. The standard InChI is InChI=1S/C15H34O6P2/c1-5-9-12-19-22(16,18-8-4)15-23(17,20-13-10-6-2)21-14-11-7-3/h5-15H2,1-4H3. The Morgan fingerprint density at radius 1 is 0.609 bits per heavy atom. The summed E-state index contributed by atoms with van der Waals surface area (Å²) in [5.41, 5.74) is 0. The average molecular weight is 372 g/mol. The van der Waals surface area contributed by atoms with Crippen molar-refractivity contribution in [2.45, 2.75) is 66.2 Å². The third kappa shape index (κ3) is 11.5. The van der Waals surface area contributed by atoms with Crippen LogP contribution in [0, 0.1) is 0 Å². The van der Waals surface area contributed by atoms with Crippen LogP contribution in [0.25, 0.3) is 0 Å². The second kappa shape index (κ2) is 13.6. The predicted octanol–water partition coefficient (Wildman–Crippen LogP) is 5.82. The molecule has 0 N–H and O–H groups in total. The highest BCUT2D eigenvalue weighted by atomic mass is 31.2. The quantitative estimate of drug-likeness (QED) is 0.251. The van der Waals surface area contributed by atoms with E-state index in [1.54, 1.807) is 6.92 Å². The first-order chi connectivity index (χ1) is 10.9. The number of hydrogen-bond acceptors (Lipinski definition) is 6. The summed E-state index contributed by atoms with van der Waals surface area (Å²) in [5, 5.41) is 0. The van der Waals surface area contributed by atoms with E-state index in [0.717, 1.165) is 38.5 Å². The summed E-state index contributed by atoms with van der Waals surface area (Å²) in [7, 11) is -6.97. The molecule has 0 saturated carbocycles. The van der Waals surface area contributed by atoms with Crippen LogP contribution >= 0.6 is 15.2 Å². The van der Waals surface area contributed by atoms with Crippen LogP contribution in [-0.4, -0.2) is 32.3 Å². The molecule has 0 aromatic heterocycles. The molecule has 0 bridgehead atoms. The maximum atomic E-state index is 12.9. The Morgan fingerprint density at radius 2 is 0.957 bits per heavy atom. The van der Waals surface area contributed by atoms with Crippen molar-refractivity contribution in [3.05, 3.63) is 0 Å². The van der Waals surface area contributed by atoms with Gasteiger partial charge in [0, 0.05) is 0 Å². The molecule has 0 heterocycles. The maximum Gasteiger partial charge on any atom is 0.342 e. The Labute approximate surface area is 141 Å². The summed E-state index contributed by atoms with van der Waals surface area (Å²) >= 11 is 0. The van der Waals surface area contributed by atoms with Crippen LogP contribution in [0.2, 0.25) is 0 Å². The fourth-order valence-corrected chi connectivity index (χ4v) is 6.46. The van der Waals surface area contributed by atoms with Gasteiger partial charge in [-0.2, -0.15) is 0 Å². The average Bonchev–Trinajstić information content (AvgIpc) is 2.48. The van der Waals surface area contributed by atoms with Crippen molar-refractivity contribution in [3.63, 3.8) is 0 Å².